The lowest BCUT2D eigenvalue weighted by Gasteiger charge is -2.07. The number of hydrogen-bond acceptors (Lipinski definition) is 3. The van der Waals surface area contributed by atoms with Crippen LogP contribution in [-0.4, -0.2) is 20.8 Å². The third-order valence-electron chi connectivity index (χ3n) is 1.80. The molecule has 0 saturated carbocycles. The Morgan fingerprint density at radius 2 is 2.00 bits per heavy atom. The average molecular weight is 226 g/mol. The summed E-state index contributed by atoms with van der Waals surface area (Å²) in [7, 11) is 0. The van der Waals surface area contributed by atoms with Crippen molar-refractivity contribution in [1.29, 1.82) is 0 Å². The van der Waals surface area contributed by atoms with Crippen molar-refractivity contribution < 1.29 is 0 Å². The maximum absolute atomic E-state index is 6.01. The van der Waals surface area contributed by atoms with Gasteiger partial charge in [0.25, 0.3) is 0 Å². The molecule has 2 aromatic rings. The highest BCUT2D eigenvalue weighted by Gasteiger charge is 2.09. The van der Waals surface area contributed by atoms with Crippen LogP contribution < -0.4 is 0 Å². The molecule has 2 rings (SSSR count). The first-order valence-electron chi connectivity index (χ1n) is 4.00. The largest absolute Gasteiger partial charge is 0.319 e. The third-order valence-corrected chi connectivity index (χ3v) is 2.76. The summed E-state index contributed by atoms with van der Waals surface area (Å²) in [5.41, 5.74) is 0.840. The maximum Gasteiger partial charge on any atom is 0.157 e. The van der Waals surface area contributed by atoms with Gasteiger partial charge in [0.15, 0.2) is 5.15 Å². The molecule has 3 nitrogen and oxygen atoms in total. The van der Waals surface area contributed by atoms with Crippen molar-refractivity contribution >= 4 is 23.4 Å². The van der Waals surface area contributed by atoms with E-state index in [4.69, 9.17) is 11.6 Å². The molecule has 0 aliphatic heterocycles. The lowest BCUT2D eigenvalue weighted by Crippen LogP contribution is -1.98. The first-order chi connectivity index (χ1) is 6.83. The summed E-state index contributed by atoms with van der Waals surface area (Å²) in [6, 6.07) is 3.88. The Kier molecular flexibility index (Phi) is 2.74. The van der Waals surface area contributed by atoms with Gasteiger partial charge in [-0.2, -0.15) is 0 Å². The maximum atomic E-state index is 6.01. The highest BCUT2D eigenvalue weighted by Crippen LogP contribution is 2.26. The molecule has 0 radical (unpaired) electrons. The molecule has 0 spiro atoms. The van der Waals surface area contributed by atoms with Crippen molar-refractivity contribution in [3.63, 3.8) is 0 Å². The van der Waals surface area contributed by atoms with E-state index in [0.717, 1.165) is 10.7 Å². The van der Waals surface area contributed by atoms with Crippen LogP contribution in [0.3, 0.4) is 0 Å². The Balaban J connectivity index is 2.61. The predicted octanol–water partition coefficient (Wildman–Crippen LogP) is 2.64. The van der Waals surface area contributed by atoms with Gasteiger partial charge in [-0.25, -0.2) is 9.97 Å². The first kappa shape index (κ1) is 9.55. The highest BCUT2D eigenvalue weighted by molar-refractivity contribution is 7.98. The minimum absolute atomic E-state index is 0.473. The second-order valence-corrected chi connectivity index (χ2v) is 3.77. The van der Waals surface area contributed by atoms with Crippen LogP contribution in [0.5, 0.6) is 0 Å². The number of halogens is 1. The van der Waals surface area contributed by atoms with Crippen LogP contribution in [0.15, 0.2) is 35.9 Å². The fraction of sp³-hybridized carbons (Fsp3) is 0.111. The molecule has 0 amide bonds. The second kappa shape index (κ2) is 4.02. The minimum atomic E-state index is 0.473. The van der Waals surface area contributed by atoms with E-state index in [1.165, 1.54) is 6.33 Å². The summed E-state index contributed by atoms with van der Waals surface area (Å²) in [6.07, 6.45) is 7.28. The van der Waals surface area contributed by atoms with E-state index in [1.807, 2.05) is 35.3 Å². The van der Waals surface area contributed by atoms with Crippen LogP contribution >= 0.6 is 23.4 Å². The van der Waals surface area contributed by atoms with E-state index in [2.05, 4.69) is 9.97 Å². The lowest BCUT2D eigenvalue weighted by atomic mass is 10.5. The molecule has 0 fully saturated rings. The molecule has 72 valence electrons. The van der Waals surface area contributed by atoms with Crippen LogP contribution in [-0.2, 0) is 0 Å². The fourth-order valence-corrected chi connectivity index (χ4v) is 2.03. The second-order valence-electron chi connectivity index (χ2n) is 2.61. The zero-order chi connectivity index (χ0) is 9.97. The van der Waals surface area contributed by atoms with Crippen molar-refractivity contribution in [2.24, 2.45) is 0 Å². The van der Waals surface area contributed by atoms with Crippen LogP contribution in [0.2, 0.25) is 5.15 Å². The molecule has 5 heteroatoms. The Bertz CT molecular complexity index is 428. The average Bonchev–Trinajstić information content (AvgIpc) is 2.70. The Morgan fingerprint density at radius 3 is 2.64 bits per heavy atom. The molecule has 0 aliphatic carbocycles. The van der Waals surface area contributed by atoms with Gasteiger partial charge >= 0.3 is 0 Å². The SMILES string of the molecule is CSc1ncnc(Cl)c1-n1cccc1. The Labute approximate surface area is 91.1 Å². The Morgan fingerprint density at radius 1 is 1.29 bits per heavy atom. The molecule has 0 aromatic carbocycles. The summed E-state index contributed by atoms with van der Waals surface area (Å²) in [4.78, 5) is 8.12. The molecule has 0 bridgehead atoms. The van der Waals surface area contributed by atoms with Gasteiger partial charge in [0.2, 0.25) is 0 Å². The third kappa shape index (κ3) is 1.63. The summed E-state index contributed by atoms with van der Waals surface area (Å²) in [6.45, 7) is 0. The van der Waals surface area contributed by atoms with Crippen molar-refractivity contribution in [2.45, 2.75) is 5.03 Å². The number of aromatic nitrogens is 3. The molecule has 0 unspecified atom stereocenters. The summed E-state index contributed by atoms with van der Waals surface area (Å²) in [5, 5.41) is 1.35. The van der Waals surface area contributed by atoms with Crippen molar-refractivity contribution in [1.82, 2.24) is 14.5 Å². The van der Waals surface area contributed by atoms with E-state index in [-0.39, 0.29) is 0 Å². The molecule has 2 heterocycles. The van der Waals surface area contributed by atoms with Gasteiger partial charge in [-0.15, -0.1) is 11.8 Å². The number of hydrogen-bond donors (Lipinski definition) is 0. The topological polar surface area (TPSA) is 30.7 Å². The van der Waals surface area contributed by atoms with E-state index in [1.54, 1.807) is 11.8 Å². The predicted molar refractivity (Wildman–Crippen MR) is 58.2 cm³/mol. The molecule has 0 N–H and O–H groups in total. The van der Waals surface area contributed by atoms with Gasteiger partial charge in [-0.3, -0.25) is 0 Å². The number of thioether (sulfide) groups is 1. The number of rotatable bonds is 2. The van der Waals surface area contributed by atoms with Gasteiger partial charge in [0.1, 0.15) is 17.0 Å². The van der Waals surface area contributed by atoms with Gasteiger partial charge in [0.05, 0.1) is 0 Å². The molecule has 0 aliphatic rings. The molecule has 0 atom stereocenters. The normalized spacial score (nSPS) is 10.4. The lowest BCUT2D eigenvalue weighted by molar-refractivity contribution is 0.942. The number of nitrogens with zero attached hydrogens (tertiary/aromatic N) is 3. The van der Waals surface area contributed by atoms with Crippen molar-refractivity contribution in [3.8, 4) is 5.69 Å². The van der Waals surface area contributed by atoms with E-state index in [0.29, 0.717) is 5.15 Å². The van der Waals surface area contributed by atoms with Crippen molar-refractivity contribution in [3.05, 3.63) is 36.0 Å². The van der Waals surface area contributed by atoms with Crippen molar-refractivity contribution in [2.75, 3.05) is 6.26 Å². The van der Waals surface area contributed by atoms with Gasteiger partial charge in [0, 0.05) is 12.4 Å². The smallest absolute Gasteiger partial charge is 0.157 e. The van der Waals surface area contributed by atoms with E-state index in [9.17, 15) is 0 Å². The molecule has 14 heavy (non-hydrogen) atoms. The molecular weight excluding hydrogens is 218 g/mol. The Hall–Kier alpha value is -1.00. The van der Waals surface area contributed by atoms with Crippen LogP contribution in [0.1, 0.15) is 0 Å². The van der Waals surface area contributed by atoms with Gasteiger partial charge < -0.3 is 4.57 Å². The monoisotopic (exact) mass is 225 g/mol. The quantitative estimate of drug-likeness (QED) is 0.582. The van der Waals surface area contributed by atoms with Crippen LogP contribution in [0.25, 0.3) is 5.69 Å². The summed E-state index contributed by atoms with van der Waals surface area (Å²) in [5.74, 6) is 0. The summed E-state index contributed by atoms with van der Waals surface area (Å²) >= 11 is 7.57. The first-order valence-corrected chi connectivity index (χ1v) is 5.61. The standard InChI is InChI=1S/C9H8ClN3S/c1-14-9-7(8(10)11-6-12-9)13-4-2-3-5-13/h2-6H,1H3. The highest BCUT2D eigenvalue weighted by atomic mass is 35.5. The summed E-state index contributed by atoms with van der Waals surface area (Å²) < 4.78 is 1.91. The zero-order valence-electron chi connectivity index (χ0n) is 7.51. The van der Waals surface area contributed by atoms with E-state index >= 15 is 0 Å². The van der Waals surface area contributed by atoms with Crippen LogP contribution in [0.4, 0.5) is 0 Å². The zero-order valence-corrected chi connectivity index (χ0v) is 9.09. The van der Waals surface area contributed by atoms with E-state index < -0.39 is 0 Å². The fourth-order valence-electron chi connectivity index (χ4n) is 1.19. The van der Waals surface area contributed by atoms with Gasteiger partial charge in [-0.05, 0) is 18.4 Å². The minimum Gasteiger partial charge on any atom is -0.319 e. The molecular formula is C9H8ClN3S. The van der Waals surface area contributed by atoms with Gasteiger partial charge in [-0.1, -0.05) is 11.6 Å². The molecule has 0 saturated heterocycles. The molecule has 2 aromatic heterocycles. The van der Waals surface area contributed by atoms with Crippen LogP contribution in [0, 0.1) is 0 Å².